The number of ether oxygens (including phenoxy) is 1. The van der Waals surface area contributed by atoms with Gasteiger partial charge in [0.05, 0.1) is 25.5 Å². The molecule has 0 atom stereocenters. The fraction of sp³-hybridized carbons (Fsp3) is 0.154. The molecule has 0 bridgehead atoms. The Morgan fingerprint density at radius 1 is 0.969 bits per heavy atom. The topological polar surface area (TPSA) is 49.0 Å². The van der Waals surface area contributed by atoms with Gasteiger partial charge in [0.2, 0.25) is 0 Å². The van der Waals surface area contributed by atoms with E-state index in [1.54, 1.807) is 18.0 Å². The lowest BCUT2D eigenvalue weighted by Gasteiger charge is -2.10. The van der Waals surface area contributed by atoms with Gasteiger partial charge in [-0.05, 0) is 54.4 Å². The summed E-state index contributed by atoms with van der Waals surface area (Å²) < 4.78 is 9.04. The first kappa shape index (κ1) is 20.3. The van der Waals surface area contributed by atoms with Crippen LogP contribution in [0.25, 0.3) is 21.9 Å². The van der Waals surface area contributed by atoms with Crippen molar-refractivity contribution in [3.63, 3.8) is 0 Å². The maximum atomic E-state index is 13.7. The third-order valence-corrected chi connectivity index (χ3v) is 5.97. The molecule has 5 aromatic rings. The summed E-state index contributed by atoms with van der Waals surface area (Å²) in [5, 5.41) is 1.67. The SMILES string of the molecule is COc1cccc(Cn2cnc3c4cc(C)ccc4n(Cc4ccc(Cl)cc4)c3c2=O)c1. The van der Waals surface area contributed by atoms with Gasteiger partial charge in [-0.15, -0.1) is 0 Å². The van der Waals surface area contributed by atoms with Crippen LogP contribution in [0.1, 0.15) is 16.7 Å². The first-order valence-corrected chi connectivity index (χ1v) is 10.8. The first-order chi connectivity index (χ1) is 15.5. The Hall–Kier alpha value is -3.57. The second kappa shape index (κ2) is 8.17. The fourth-order valence-corrected chi connectivity index (χ4v) is 4.26. The van der Waals surface area contributed by atoms with Crippen molar-refractivity contribution >= 4 is 33.5 Å². The highest BCUT2D eigenvalue weighted by Crippen LogP contribution is 2.27. The Kier molecular flexibility index (Phi) is 5.19. The molecule has 2 heterocycles. The number of aromatic nitrogens is 3. The molecular weight excluding hydrogens is 422 g/mol. The van der Waals surface area contributed by atoms with Gasteiger partial charge in [0, 0.05) is 17.0 Å². The van der Waals surface area contributed by atoms with E-state index in [9.17, 15) is 4.79 Å². The van der Waals surface area contributed by atoms with Crippen LogP contribution in [0.15, 0.2) is 77.9 Å². The zero-order valence-electron chi connectivity index (χ0n) is 17.9. The summed E-state index contributed by atoms with van der Waals surface area (Å²) in [4.78, 5) is 18.4. The Bertz CT molecular complexity index is 1500. The molecule has 5 rings (SSSR count). The number of rotatable bonds is 5. The fourth-order valence-electron chi connectivity index (χ4n) is 4.13. The van der Waals surface area contributed by atoms with E-state index in [1.165, 1.54) is 0 Å². The molecule has 160 valence electrons. The van der Waals surface area contributed by atoms with Gasteiger partial charge in [0.25, 0.3) is 5.56 Å². The van der Waals surface area contributed by atoms with Crippen molar-refractivity contribution < 1.29 is 4.74 Å². The van der Waals surface area contributed by atoms with Crippen LogP contribution in [-0.4, -0.2) is 21.2 Å². The van der Waals surface area contributed by atoms with E-state index in [1.807, 2.05) is 55.5 Å². The van der Waals surface area contributed by atoms with Gasteiger partial charge in [-0.25, -0.2) is 4.98 Å². The molecule has 0 radical (unpaired) electrons. The van der Waals surface area contributed by atoms with Crippen molar-refractivity contribution in [3.05, 3.63) is 105 Å². The van der Waals surface area contributed by atoms with E-state index in [0.717, 1.165) is 38.9 Å². The van der Waals surface area contributed by atoms with E-state index >= 15 is 0 Å². The molecule has 0 amide bonds. The second-order valence-electron chi connectivity index (χ2n) is 7.96. The normalized spacial score (nSPS) is 11.3. The molecule has 0 saturated carbocycles. The Balaban J connectivity index is 1.69. The number of halogens is 1. The minimum atomic E-state index is -0.0689. The van der Waals surface area contributed by atoms with Gasteiger partial charge < -0.3 is 9.30 Å². The van der Waals surface area contributed by atoms with Crippen LogP contribution in [0, 0.1) is 6.92 Å². The van der Waals surface area contributed by atoms with Gasteiger partial charge in [-0.1, -0.05) is 47.5 Å². The lowest BCUT2D eigenvalue weighted by molar-refractivity contribution is 0.414. The van der Waals surface area contributed by atoms with E-state index in [-0.39, 0.29) is 5.56 Å². The predicted octanol–water partition coefficient (Wildman–Crippen LogP) is 5.42. The van der Waals surface area contributed by atoms with Crippen LogP contribution in [-0.2, 0) is 13.1 Å². The molecule has 32 heavy (non-hydrogen) atoms. The van der Waals surface area contributed by atoms with Gasteiger partial charge in [-0.3, -0.25) is 9.36 Å². The Morgan fingerprint density at radius 3 is 2.56 bits per heavy atom. The number of nitrogens with zero attached hydrogens (tertiary/aromatic N) is 3. The third-order valence-electron chi connectivity index (χ3n) is 5.72. The maximum absolute atomic E-state index is 13.7. The Morgan fingerprint density at radius 2 is 1.78 bits per heavy atom. The molecule has 3 aromatic carbocycles. The van der Waals surface area contributed by atoms with E-state index in [2.05, 4.69) is 22.8 Å². The van der Waals surface area contributed by atoms with Crippen molar-refractivity contribution in [2.45, 2.75) is 20.0 Å². The standard InChI is InChI=1S/C26H22ClN3O2/c1-17-6-11-23-22(12-17)24-25(30(23)15-18-7-9-20(27)10-8-18)26(31)29(16-28-24)14-19-4-3-5-21(13-19)32-2/h3-13,16H,14-15H2,1-2H3. The van der Waals surface area contributed by atoms with Gasteiger partial charge in [0.1, 0.15) is 16.8 Å². The number of fused-ring (bicyclic) bond motifs is 3. The molecule has 0 spiro atoms. The molecule has 0 aliphatic rings. The van der Waals surface area contributed by atoms with Crippen LogP contribution in [0.3, 0.4) is 0 Å². The summed E-state index contributed by atoms with van der Waals surface area (Å²) in [6.07, 6.45) is 1.64. The minimum absolute atomic E-state index is 0.0689. The summed E-state index contributed by atoms with van der Waals surface area (Å²) in [5.41, 5.74) is 5.42. The minimum Gasteiger partial charge on any atom is -0.497 e. The average Bonchev–Trinajstić information content (AvgIpc) is 3.10. The number of benzene rings is 3. The maximum Gasteiger partial charge on any atom is 0.278 e. The van der Waals surface area contributed by atoms with Crippen molar-refractivity contribution in [1.29, 1.82) is 0 Å². The average molecular weight is 444 g/mol. The van der Waals surface area contributed by atoms with Crippen LogP contribution in [0.5, 0.6) is 5.75 Å². The highest BCUT2D eigenvalue weighted by atomic mass is 35.5. The lowest BCUT2D eigenvalue weighted by Crippen LogP contribution is -2.23. The van der Waals surface area contributed by atoms with Crippen molar-refractivity contribution in [3.8, 4) is 5.75 Å². The van der Waals surface area contributed by atoms with Crippen LogP contribution >= 0.6 is 11.6 Å². The summed E-state index contributed by atoms with van der Waals surface area (Å²) in [6, 6.07) is 21.7. The van der Waals surface area contributed by atoms with Crippen LogP contribution in [0.2, 0.25) is 5.02 Å². The first-order valence-electron chi connectivity index (χ1n) is 10.4. The zero-order chi connectivity index (χ0) is 22.2. The molecule has 0 aliphatic heterocycles. The predicted molar refractivity (Wildman–Crippen MR) is 129 cm³/mol. The summed E-state index contributed by atoms with van der Waals surface area (Å²) in [6.45, 7) is 3.02. The van der Waals surface area contributed by atoms with Crippen molar-refractivity contribution in [2.75, 3.05) is 7.11 Å². The molecule has 2 aromatic heterocycles. The molecule has 0 aliphatic carbocycles. The molecule has 0 fully saturated rings. The van der Waals surface area contributed by atoms with Crippen LogP contribution < -0.4 is 10.3 Å². The second-order valence-corrected chi connectivity index (χ2v) is 8.40. The molecule has 0 saturated heterocycles. The summed E-state index contributed by atoms with van der Waals surface area (Å²) in [7, 11) is 1.64. The van der Waals surface area contributed by atoms with Crippen LogP contribution in [0.4, 0.5) is 0 Å². The number of methoxy groups -OCH3 is 1. The summed E-state index contributed by atoms with van der Waals surface area (Å²) >= 11 is 6.07. The van der Waals surface area contributed by atoms with Crippen molar-refractivity contribution in [2.24, 2.45) is 0 Å². The van der Waals surface area contributed by atoms with Gasteiger partial charge in [0.15, 0.2) is 0 Å². The summed E-state index contributed by atoms with van der Waals surface area (Å²) in [5.74, 6) is 0.761. The smallest absolute Gasteiger partial charge is 0.278 e. The number of hydrogen-bond acceptors (Lipinski definition) is 3. The number of aryl methyl sites for hydroxylation is 1. The third kappa shape index (κ3) is 3.65. The Labute approximate surface area is 190 Å². The molecule has 0 unspecified atom stereocenters. The van der Waals surface area contributed by atoms with Crippen molar-refractivity contribution in [1.82, 2.24) is 14.1 Å². The highest BCUT2D eigenvalue weighted by molar-refractivity contribution is 6.30. The largest absolute Gasteiger partial charge is 0.497 e. The van der Waals surface area contributed by atoms with E-state index in [0.29, 0.717) is 23.6 Å². The number of hydrogen-bond donors (Lipinski definition) is 0. The van der Waals surface area contributed by atoms with E-state index < -0.39 is 0 Å². The quantitative estimate of drug-likeness (QED) is 0.364. The monoisotopic (exact) mass is 443 g/mol. The van der Waals surface area contributed by atoms with Gasteiger partial charge >= 0.3 is 0 Å². The molecule has 0 N–H and O–H groups in total. The highest BCUT2D eigenvalue weighted by Gasteiger charge is 2.17. The van der Waals surface area contributed by atoms with Gasteiger partial charge in [-0.2, -0.15) is 0 Å². The molecule has 5 nitrogen and oxygen atoms in total. The molecular formula is C26H22ClN3O2. The van der Waals surface area contributed by atoms with E-state index in [4.69, 9.17) is 21.3 Å². The zero-order valence-corrected chi connectivity index (χ0v) is 18.6. The lowest BCUT2D eigenvalue weighted by atomic mass is 10.1. The molecule has 6 heteroatoms.